The number of rotatable bonds is 7. The molecule has 1 amide bonds. The van der Waals surface area contributed by atoms with Gasteiger partial charge in [-0.3, -0.25) is 9.78 Å². The normalized spacial score (nSPS) is 15.0. The number of aromatic hydroxyl groups is 1. The molecule has 0 fully saturated rings. The molecule has 0 spiro atoms. The molecule has 0 bridgehead atoms. The highest BCUT2D eigenvalue weighted by molar-refractivity contribution is 6.14. The minimum atomic E-state index is -4.62. The summed E-state index contributed by atoms with van der Waals surface area (Å²) in [5.74, 6) is -0.548. The van der Waals surface area contributed by atoms with Crippen LogP contribution in [0.4, 0.5) is 13.2 Å². The number of likely N-dealkylation sites (N-methyl/N-ethyl adjacent to an activating group) is 1. The summed E-state index contributed by atoms with van der Waals surface area (Å²) in [5, 5.41) is 22.9. The summed E-state index contributed by atoms with van der Waals surface area (Å²) in [6.07, 6.45) is 0.630. The topological polar surface area (TPSA) is 120 Å². The van der Waals surface area contributed by atoms with Crippen LogP contribution in [0, 0.1) is 5.41 Å². The number of pyridine rings is 2. The van der Waals surface area contributed by atoms with E-state index in [9.17, 15) is 23.1 Å². The number of hydrogen-bond acceptors (Lipinski definition) is 7. The lowest BCUT2D eigenvalue weighted by atomic mass is 10.0. The molecular formula is C22H20F3N5O3. The predicted octanol–water partition coefficient (Wildman–Crippen LogP) is 2.98. The first-order chi connectivity index (χ1) is 15.7. The fraction of sp³-hybridized carbons (Fsp3) is 0.182. The number of allylic oxidation sites excluding steroid dienone is 4. The van der Waals surface area contributed by atoms with E-state index in [0.29, 0.717) is 5.69 Å². The van der Waals surface area contributed by atoms with E-state index in [-0.39, 0.29) is 40.7 Å². The second-order valence-electron chi connectivity index (χ2n) is 6.80. The summed E-state index contributed by atoms with van der Waals surface area (Å²) < 4.78 is 44.9. The highest BCUT2D eigenvalue weighted by atomic mass is 19.4. The van der Waals surface area contributed by atoms with Gasteiger partial charge in [-0.15, -0.1) is 0 Å². The van der Waals surface area contributed by atoms with Crippen molar-refractivity contribution in [3.63, 3.8) is 0 Å². The third kappa shape index (κ3) is 5.97. The van der Waals surface area contributed by atoms with Crippen LogP contribution in [0.5, 0.6) is 5.88 Å². The van der Waals surface area contributed by atoms with Crippen LogP contribution in [0.25, 0.3) is 0 Å². The fourth-order valence-corrected chi connectivity index (χ4v) is 2.99. The maximum Gasteiger partial charge on any atom is 0.433 e. The van der Waals surface area contributed by atoms with E-state index >= 15 is 0 Å². The number of nitrogens with one attached hydrogen (secondary N) is 3. The molecule has 0 aromatic carbocycles. The lowest BCUT2D eigenvalue weighted by Crippen LogP contribution is -2.32. The van der Waals surface area contributed by atoms with Crippen LogP contribution in [0.2, 0.25) is 0 Å². The monoisotopic (exact) mass is 459 g/mol. The number of ether oxygens (including phenoxy) is 1. The van der Waals surface area contributed by atoms with Gasteiger partial charge >= 0.3 is 6.18 Å². The lowest BCUT2D eigenvalue weighted by Gasteiger charge is -2.17. The fourth-order valence-electron chi connectivity index (χ4n) is 2.99. The summed E-state index contributed by atoms with van der Waals surface area (Å²) in [7, 11) is 1.50. The summed E-state index contributed by atoms with van der Waals surface area (Å²) in [6.45, 7) is -0.368. The number of alkyl halides is 3. The molecule has 3 rings (SSSR count). The molecule has 8 nitrogen and oxygen atoms in total. The van der Waals surface area contributed by atoms with Crippen molar-refractivity contribution in [3.8, 4) is 5.88 Å². The largest absolute Gasteiger partial charge is 0.493 e. The average molecular weight is 459 g/mol. The van der Waals surface area contributed by atoms with Gasteiger partial charge < -0.3 is 25.9 Å². The Morgan fingerprint density at radius 2 is 2.00 bits per heavy atom. The molecule has 0 atom stereocenters. The Hall–Kier alpha value is -4.15. The number of carbonyl (C=O) groups is 1. The zero-order valence-electron chi connectivity index (χ0n) is 17.4. The van der Waals surface area contributed by atoms with Crippen molar-refractivity contribution in [1.29, 1.82) is 5.41 Å². The smallest absolute Gasteiger partial charge is 0.433 e. The van der Waals surface area contributed by atoms with Gasteiger partial charge in [0, 0.05) is 30.4 Å². The van der Waals surface area contributed by atoms with E-state index in [4.69, 9.17) is 10.1 Å². The molecule has 0 aliphatic heterocycles. The van der Waals surface area contributed by atoms with E-state index in [1.807, 2.05) is 0 Å². The van der Waals surface area contributed by atoms with Gasteiger partial charge in [-0.2, -0.15) is 13.2 Å². The molecule has 1 aliphatic carbocycles. The number of aromatic nitrogens is 2. The first-order valence-corrected chi connectivity index (χ1v) is 9.66. The molecule has 2 heterocycles. The van der Waals surface area contributed by atoms with Crippen molar-refractivity contribution in [2.75, 3.05) is 7.05 Å². The third-order valence-corrected chi connectivity index (χ3v) is 4.51. The predicted molar refractivity (Wildman–Crippen MR) is 113 cm³/mol. The molecule has 172 valence electrons. The van der Waals surface area contributed by atoms with Crippen LogP contribution in [0.3, 0.4) is 0 Å². The molecule has 4 N–H and O–H groups in total. The Labute approximate surface area is 187 Å². The Bertz CT molecular complexity index is 1160. The molecule has 11 heteroatoms. The highest BCUT2D eigenvalue weighted by Crippen LogP contribution is 2.31. The zero-order valence-corrected chi connectivity index (χ0v) is 17.4. The summed E-state index contributed by atoms with van der Waals surface area (Å²) >= 11 is 0. The molecule has 0 saturated heterocycles. The molecule has 2 aromatic heterocycles. The Balaban J connectivity index is 1.77. The number of nitrogens with zero attached hydrogens (tertiary/aromatic N) is 2. The van der Waals surface area contributed by atoms with Gasteiger partial charge in [-0.1, -0.05) is 12.1 Å². The van der Waals surface area contributed by atoms with Crippen LogP contribution in [-0.2, 0) is 28.9 Å². The molecular weight excluding hydrogens is 439 g/mol. The van der Waals surface area contributed by atoms with Crippen molar-refractivity contribution in [3.05, 3.63) is 88.7 Å². The molecule has 0 unspecified atom stereocenters. The average Bonchev–Trinajstić information content (AvgIpc) is 2.78. The SMILES string of the molecule is CN/C(C(=O)NCc1cccc(O)n1)=C1/C=C(OCc2cccnc2C(F)(F)F)C=CC1=N. The van der Waals surface area contributed by atoms with Crippen LogP contribution in [0.15, 0.2) is 71.8 Å². The van der Waals surface area contributed by atoms with Crippen molar-refractivity contribution >= 4 is 11.6 Å². The Morgan fingerprint density at radius 3 is 2.70 bits per heavy atom. The second-order valence-corrected chi connectivity index (χ2v) is 6.80. The van der Waals surface area contributed by atoms with Crippen LogP contribution < -0.4 is 10.6 Å². The lowest BCUT2D eigenvalue weighted by molar-refractivity contribution is -0.142. The third-order valence-electron chi connectivity index (χ3n) is 4.51. The number of amides is 1. The molecule has 33 heavy (non-hydrogen) atoms. The van der Waals surface area contributed by atoms with Gasteiger partial charge in [-0.05, 0) is 30.4 Å². The van der Waals surface area contributed by atoms with E-state index < -0.39 is 24.4 Å². The highest BCUT2D eigenvalue weighted by Gasteiger charge is 2.35. The summed E-state index contributed by atoms with van der Waals surface area (Å²) in [6, 6.07) is 7.25. The van der Waals surface area contributed by atoms with Gasteiger partial charge in [0.05, 0.1) is 18.0 Å². The van der Waals surface area contributed by atoms with Crippen LogP contribution in [0.1, 0.15) is 17.0 Å². The molecule has 0 saturated carbocycles. The van der Waals surface area contributed by atoms with Gasteiger partial charge in [0.25, 0.3) is 5.91 Å². The van der Waals surface area contributed by atoms with Crippen molar-refractivity contribution < 1.29 is 27.8 Å². The Kier molecular flexibility index (Phi) is 7.11. The maximum atomic E-state index is 13.1. The van der Waals surface area contributed by atoms with Crippen LogP contribution in [-0.4, -0.2) is 33.7 Å². The van der Waals surface area contributed by atoms with Crippen molar-refractivity contribution in [1.82, 2.24) is 20.6 Å². The summed E-state index contributed by atoms with van der Waals surface area (Å²) in [5.41, 5.74) is -0.490. The first-order valence-electron chi connectivity index (χ1n) is 9.66. The Morgan fingerprint density at radius 1 is 1.21 bits per heavy atom. The van der Waals surface area contributed by atoms with E-state index in [1.54, 1.807) is 12.1 Å². The van der Waals surface area contributed by atoms with Gasteiger partial charge in [0.15, 0.2) is 5.69 Å². The minimum absolute atomic E-state index is 0.00897. The van der Waals surface area contributed by atoms with Crippen molar-refractivity contribution in [2.24, 2.45) is 0 Å². The first kappa shape index (κ1) is 23.5. The zero-order chi connectivity index (χ0) is 24.0. The minimum Gasteiger partial charge on any atom is -0.493 e. The standard InChI is InChI=1S/C22H20F3N5O3/c1-27-19(21(32)29-11-14-5-2-6-18(31)30-14)16-10-15(7-8-17(16)26)33-12-13-4-3-9-28-20(13)22(23,24)25/h2-10,26-27H,11-12H2,1H3,(H,29,32)(H,30,31)/b19-16-,26-17?. The van der Waals surface area contributed by atoms with Crippen molar-refractivity contribution in [2.45, 2.75) is 19.3 Å². The summed E-state index contributed by atoms with van der Waals surface area (Å²) in [4.78, 5) is 19.9. The second kappa shape index (κ2) is 9.98. The number of halogens is 3. The van der Waals surface area contributed by atoms with Crippen LogP contribution >= 0.6 is 0 Å². The van der Waals surface area contributed by atoms with E-state index in [1.165, 1.54) is 43.5 Å². The van der Waals surface area contributed by atoms with E-state index in [0.717, 1.165) is 6.20 Å². The number of carbonyl (C=O) groups excluding carboxylic acids is 1. The van der Waals surface area contributed by atoms with E-state index in [2.05, 4.69) is 20.6 Å². The molecule has 1 aliphatic rings. The van der Waals surface area contributed by atoms with Gasteiger partial charge in [0.2, 0.25) is 5.88 Å². The molecule has 2 aromatic rings. The van der Waals surface area contributed by atoms with Gasteiger partial charge in [0.1, 0.15) is 18.1 Å². The maximum absolute atomic E-state index is 13.1. The number of hydrogen-bond donors (Lipinski definition) is 4. The quantitative estimate of drug-likeness (QED) is 0.473. The molecule has 0 radical (unpaired) electrons. The van der Waals surface area contributed by atoms with Gasteiger partial charge in [-0.25, -0.2) is 4.98 Å².